The van der Waals surface area contributed by atoms with Crippen LogP contribution in [0.25, 0.3) is 16.3 Å². The van der Waals surface area contributed by atoms with Crippen molar-refractivity contribution < 1.29 is 0 Å². The summed E-state index contributed by atoms with van der Waals surface area (Å²) in [5.74, 6) is 0.375. The number of fused-ring (bicyclic) bond motifs is 1. The van der Waals surface area contributed by atoms with Gasteiger partial charge in [-0.05, 0) is 25.9 Å². The normalized spacial score (nSPS) is 16.6. The Labute approximate surface area is 124 Å². The highest BCUT2D eigenvalue weighted by molar-refractivity contribution is 7.13. The topological polar surface area (TPSA) is 75.1 Å². The van der Waals surface area contributed by atoms with Crippen LogP contribution < -0.4 is 10.9 Å². The number of nitrogens with one attached hydrogen (secondary N) is 2. The monoisotopic (exact) mass is 301 g/mol. The first-order chi connectivity index (χ1) is 10.3. The van der Waals surface area contributed by atoms with E-state index in [0.29, 0.717) is 5.92 Å². The van der Waals surface area contributed by atoms with Crippen molar-refractivity contribution in [1.82, 2.24) is 24.9 Å². The highest BCUT2D eigenvalue weighted by atomic mass is 32.1. The summed E-state index contributed by atoms with van der Waals surface area (Å²) in [5.41, 5.74) is 2.47. The summed E-state index contributed by atoms with van der Waals surface area (Å²) in [6.45, 7) is 1.97. The summed E-state index contributed by atoms with van der Waals surface area (Å²) >= 11 is 1.55. The summed E-state index contributed by atoms with van der Waals surface area (Å²) < 4.78 is 1.87. The molecule has 0 saturated carbocycles. The predicted molar refractivity (Wildman–Crippen MR) is 81.8 cm³/mol. The fourth-order valence-electron chi connectivity index (χ4n) is 2.89. The number of aromatic nitrogens is 4. The summed E-state index contributed by atoms with van der Waals surface area (Å²) in [6, 6.07) is 3.58. The van der Waals surface area contributed by atoms with Gasteiger partial charge in [0.1, 0.15) is 16.3 Å². The van der Waals surface area contributed by atoms with E-state index in [1.54, 1.807) is 23.6 Å². The van der Waals surface area contributed by atoms with Gasteiger partial charge in [0.2, 0.25) is 0 Å². The van der Waals surface area contributed by atoms with Crippen LogP contribution in [-0.4, -0.2) is 32.7 Å². The Balaban J connectivity index is 1.87. The van der Waals surface area contributed by atoms with E-state index in [9.17, 15) is 4.79 Å². The molecule has 0 amide bonds. The van der Waals surface area contributed by atoms with Gasteiger partial charge < -0.3 is 10.3 Å². The number of hydrogen-bond donors (Lipinski definition) is 2. The van der Waals surface area contributed by atoms with Crippen molar-refractivity contribution in [3.63, 3.8) is 0 Å². The van der Waals surface area contributed by atoms with Crippen molar-refractivity contribution >= 4 is 17.0 Å². The molecule has 1 aliphatic heterocycles. The molecule has 0 aromatic carbocycles. The van der Waals surface area contributed by atoms with E-state index in [0.717, 1.165) is 48.0 Å². The standard InChI is InChI=1S/C14H15N5OS/c20-13-8-11(9-1-3-15-4-2-9)19-12(17-13)7-10(18-19)14-16-5-6-21-14/h5-9,15H,1-4H2,(H,17,20). The highest BCUT2D eigenvalue weighted by Gasteiger charge is 2.20. The van der Waals surface area contributed by atoms with Gasteiger partial charge in [0, 0.05) is 29.6 Å². The van der Waals surface area contributed by atoms with Crippen molar-refractivity contribution in [3.8, 4) is 10.7 Å². The van der Waals surface area contributed by atoms with Gasteiger partial charge in [-0.3, -0.25) is 4.79 Å². The first kappa shape index (κ1) is 12.7. The number of hydrogen-bond acceptors (Lipinski definition) is 5. The molecule has 0 aliphatic carbocycles. The largest absolute Gasteiger partial charge is 0.317 e. The number of nitrogens with zero attached hydrogens (tertiary/aromatic N) is 3. The molecule has 7 heteroatoms. The van der Waals surface area contributed by atoms with Crippen molar-refractivity contribution in [2.45, 2.75) is 18.8 Å². The summed E-state index contributed by atoms with van der Waals surface area (Å²) in [4.78, 5) is 19.1. The van der Waals surface area contributed by atoms with Gasteiger partial charge in [-0.2, -0.15) is 5.10 Å². The summed E-state index contributed by atoms with van der Waals surface area (Å²) in [6.07, 6.45) is 3.83. The summed E-state index contributed by atoms with van der Waals surface area (Å²) in [5, 5.41) is 10.8. The minimum absolute atomic E-state index is 0.0679. The van der Waals surface area contributed by atoms with Crippen LogP contribution in [0.3, 0.4) is 0 Å². The fraction of sp³-hybridized carbons (Fsp3) is 0.357. The molecule has 108 valence electrons. The van der Waals surface area contributed by atoms with Crippen LogP contribution in [-0.2, 0) is 0 Å². The average Bonchev–Trinajstić information content (AvgIpc) is 3.16. The SMILES string of the molecule is O=c1cc(C2CCNCC2)n2nc(-c3nccs3)cc2[nH]1. The second-order valence-corrected chi connectivity index (χ2v) is 6.14. The Hall–Kier alpha value is -1.99. The Morgan fingerprint density at radius 3 is 2.90 bits per heavy atom. The van der Waals surface area contributed by atoms with E-state index >= 15 is 0 Å². The molecular formula is C14H15N5OS. The third kappa shape index (κ3) is 2.28. The van der Waals surface area contributed by atoms with Gasteiger partial charge in [0.25, 0.3) is 5.56 Å². The fourth-order valence-corrected chi connectivity index (χ4v) is 3.48. The van der Waals surface area contributed by atoms with E-state index in [-0.39, 0.29) is 5.56 Å². The average molecular weight is 301 g/mol. The molecule has 0 bridgehead atoms. The number of piperidine rings is 1. The lowest BCUT2D eigenvalue weighted by atomic mass is 9.94. The molecule has 0 unspecified atom stereocenters. The third-order valence-electron chi connectivity index (χ3n) is 3.89. The smallest absolute Gasteiger partial charge is 0.251 e. The van der Waals surface area contributed by atoms with Crippen molar-refractivity contribution in [2.75, 3.05) is 13.1 Å². The molecule has 1 aliphatic rings. The maximum Gasteiger partial charge on any atom is 0.251 e. The first-order valence-electron chi connectivity index (χ1n) is 7.05. The molecule has 3 aromatic rings. The van der Waals surface area contributed by atoms with E-state index < -0.39 is 0 Å². The lowest BCUT2D eigenvalue weighted by molar-refractivity contribution is 0.446. The molecule has 0 spiro atoms. The second-order valence-electron chi connectivity index (χ2n) is 5.25. The molecular weight excluding hydrogens is 286 g/mol. The van der Waals surface area contributed by atoms with Gasteiger partial charge in [-0.1, -0.05) is 0 Å². The van der Waals surface area contributed by atoms with Gasteiger partial charge in [-0.15, -0.1) is 11.3 Å². The van der Waals surface area contributed by atoms with Crippen LogP contribution in [0.15, 0.2) is 28.5 Å². The zero-order valence-electron chi connectivity index (χ0n) is 11.4. The van der Waals surface area contributed by atoms with Gasteiger partial charge in [0.05, 0.1) is 5.69 Å². The molecule has 0 atom stereocenters. The van der Waals surface area contributed by atoms with Crippen LogP contribution >= 0.6 is 11.3 Å². The van der Waals surface area contributed by atoms with Gasteiger partial charge in [0.15, 0.2) is 0 Å². The van der Waals surface area contributed by atoms with Crippen LogP contribution in [0, 0.1) is 0 Å². The maximum absolute atomic E-state index is 11.9. The minimum atomic E-state index is -0.0679. The van der Waals surface area contributed by atoms with Crippen molar-refractivity contribution in [3.05, 3.63) is 39.8 Å². The molecule has 0 radical (unpaired) electrons. The molecule has 4 heterocycles. The Morgan fingerprint density at radius 1 is 1.29 bits per heavy atom. The van der Waals surface area contributed by atoms with E-state index in [1.807, 2.05) is 16.0 Å². The lowest BCUT2D eigenvalue weighted by Gasteiger charge is -2.22. The highest BCUT2D eigenvalue weighted by Crippen LogP contribution is 2.26. The number of rotatable bonds is 2. The minimum Gasteiger partial charge on any atom is -0.317 e. The maximum atomic E-state index is 11.9. The van der Waals surface area contributed by atoms with Crippen LogP contribution in [0.1, 0.15) is 24.5 Å². The molecule has 3 aromatic heterocycles. The van der Waals surface area contributed by atoms with E-state index in [1.165, 1.54) is 0 Å². The Bertz CT molecular complexity index is 814. The first-order valence-corrected chi connectivity index (χ1v) is 7.93. The molecule has 6 nitrogen and oxygen atoms in total. The second kappa shape index (κ2) is 5.09. The Morgan fingerprint density at radius 2 is 2.14 bits per heavy atom. The molecule has 21 heavy (non-hydrogen) atoms. The van der Waals surface area contributed by atoms with Crippen molar-refractivity contribution in [1.29, 1.82) is 0 Å². The summed E-state index contributed by atoms with van der Waals surface area (Å²) in [7, 11) is 0. The molecule has 1 fully saturated rings. The number of H-pyrrole nitrogens is 1. The van der Waals surface area contributed by atoms with Crippen LogP contribution in [0.2, 0.25) is 0 Å². The van der Waals surface area contributed by atoms with Crippen LogP contribution in [0.4, 0.5) is 0 Å². The molecule has 4 rings (SSSR count). The van der Waals surface area contributed by atoms with Crippen molar-refractivity contribution in [2.24, 2.45) is 0 Å². The van der Waals surface area contributed by atoms with Gasteiger partial charge >= 0.3 is 0 Å². The quantitative estimate of drug-likeness (QED) is 0.754. The van der Waals surface area contributed by atoms with E-state index in [4.69, 9.17) is 0 Å². The zero-order chi connectivity index (χ0) is 14.2. The van der Waals surface area contributed by atoms with Gasteiger partial charge in [-0.25, -0.2) is 9.50 Å². The van der Waals surface area contributed by atoms with Crippen LogP contribution in [0.5, 0.6) is 0 Å². The zero-order valence-corrected chi connectivity index (χ0v) is 12.2. The lowest BCUT2D eigenvalue weighted by Crippen LogP contribution is -2.28. The predicted octanol–water partition coefficient (Wildman–Crippen LogP) is 1.61. The molecule has 2 N–H and O–H groups in total. The number of aromatic amines is 1. The number of thiazole rings is 1. The third-order valence-corrected chi connectivity index (χ3v) is 4.69. The Kier molecular flexibility index (Phi) is 3.08. The van der Waals surface area contributed by atoms with E-state index in [2.05, 4.69) is 20.4 Å². The molecule has 1 saturated heterocycles.